The standard InChI is InChI=1S/C14H14BrN3O2/c1-20-13-3-2-10(15)7-11(13)18-14(19)12-6-9(8-16)4-5-17-12/h2-7H,8,16H2,1H3,(H,18,19). The lowest BCUT2D eigenvalue weighted by molar-refractivity contribution is 0.102. The SMILES string of the molecule is COc1ccc(Br)cc1NC(=O)c1cc(CN)ccn1. The number of anilines is 1. The van der Waals surface area contributed by atoms with E-state index in [4.69, 9.17) is 10.5 Å². The minimum Gasteiger partial charge on any atom is -0.495 e. The third-order valence-electron chi connectivity index (χ3n) is 2.70. The van der Waals surface area contributed by atoms with Crippen LogP contribution in [0.5, 0.6) is 5.75 Å². The number of hydrogen-bond acceptors (Lipinski definition) is 4. The minimum atomic E-state index is -0.309. The first-order chi connectivity index (χ1) is 9.63. The van der Waals surface area contributed by atoms with Gasteiger partial charge in [0.1, 0.15) is 11.4 Å². The van der Waals surface area contributed by atoms with Crippen LogP contribution in [0.1, 0.15) is 16.1 Å². The first-order valence-corrected chi connectivity index (χ1v) is 6.73. The van der Waals surface area contributed by atoms with Crippen molar-refractivity contribution in [3.63, 3.8) is 0 Å². The van der Waals surface area contributed by atoms with Crippen molar-refractivity contribution in [1.82, 2.24) is 4.98 Å². The van der Waals surface area contributed by atoms with E-state index in [2.05, 4.69) is 26.2 Å². The van der Waals surface area contributed by atoms with Gasteiger partial charge in [-0.3, -0.25) is 9.78 Å². The van der Waals surface area contributed by atoms with Crippen LogP contribution < -0.4 is 15.8 Å². The Balaban J connectivity index is 2.25. The second-order valence-corrected chi connectivity index (χ2v) is 4.97. The lowest BCUT2D eigenvalue weighted by atomic mass is 10.2. The van der Waals surface area contributed by atoms with E-state index in [0.29, 0.717) is 23.7 Å². The van der Waals surface area contributed by atoms with Crippen molar-refractivity contribution in [1.29, 1.82) is 0 Å². The molecule has 0 spiro atoms. The molecule has 104 valence electrons. The Morgan fingerprint density at radius 2 is 2.20 bits per heavy atom. The average molecular weight is 336 g/mol. The van der Waals surface area contributed by atoms with Crippen LogP contribution >= 0.6 is 15.9 Å². The van der Waals surface area contributed by atoms with E-state index in [-0.39, 0.29) is 5.91 Å². The van der Waals surface area contributed by atoms with Gasteiger partial charge >= 0.3 is 0 Å². The number of carbonyl (C=O) groups is 1. The Hall–Kier alpha value is -1.92. The first kappa shape index (κ1) is 14.5. The summed E-state index contributed by atoms with van der Waals surface area (Å²) in [5.41, 5.74) is 7.29. The molecule has 3 N–H and O–H groups in total. The molecule has 1 amide bonds. The Morgan fingerprint density at radius 3 is 2.90 bits per heavy atom. The highest BCUT2D eigenvalue weighted by molar-refractivity contribution is 9.10. The van der Waals surface area contributed by atoms with Gasteiger partial charge in [0.05, 0.1) is 12.8 Å². The predicted molar refractivity (Wildman–Crippen MR) is 80.8 cm³/mol. The van der Waals surface area contributed by atoms with E-state index in [0.717, 1.165) is 10.0 Å². The van der Waals surface area contributed by atoms with Gasteiger partial charge in [0.2, 0.25) is 0 Å². The van der Waals surface area contributed by atoms with E-state index in [1.165, 1.54) is 0 Å². The average Bonchev–Trinajstić information content (AvgIpc) is 2.47. The largest absolute Gasteiger partial charge is 0.495 e. The van der Waals surface area contributed by atoms with E-state index >= 15 is 0 Å². The number of ether oxygens (including phenoxy) is 1. The van der Waals surface area contributed by atoms with Crippen molar-refractivity contribution in [3.8, 4) is 5.75 Å². The minimum absolute atomic E-state index is 0.309. The van der Waals surface area contributed by atoms with Crippen molar-refractivity contribution in [3.05, 3.63) is 52.3 Å². The summed E-state index contributed by atoms with van der Waals surface area (Å²) in [6.45, 7) is 0.364. The Labute approximate surface area is 125 Å². The molecule has 2 aromatic rings. The van der Waals surface area contributed by atoms with Crippen LogP contribution in [0.25, 0.3) is 0 Å². The molecule has 0 atom stereocenters. The summed E-state index contributed by atoms with van der Waals surface area (Å²) in [7, 11) is 1.55. The molecule has 0 saturated heterocycles. The van der Waals surface area contributed by atoms with E-state index in [1.807, 2.05) is 6.07 Å². The van der Waals surface area contributed by atoms with E-state index in [9.17, 15) is 4.79 Å². The summed E-state index contributed by atoms with van der Waals surface area (Å²) >= 11 is 3.36. The van der Waals surface area contributed by atoms with Gasteiger partial charge in [-0.15, -0.1) is 0 Å². The highest BCUT2D eigenvalue weighted by atomic mass is 79.9. The summed E-state index contributed by atoms with van der Waals surface area (Å²) in [5, 5.41) is 2.77. The maximum absolute atomic E-state index is 12.2. The van der Waals surface area contributed by atoms with Gasteiger partial charge in [0.25, 0.3) is 5.91 Å². The third-order valence-corrected chi connectivity index (χ3v) is 3.20. The molecule has 20 heavy (non-hydrogen) atoms. The lowest BCUT2D eigenvalue weighted by Gasteiger charge is -2.10. The molecule has 1 heterocycles. The molecule has 0 fully saturated rings. The normalized spacial score (nSPS) is 10.2. The summed E-state index contributed by atoms with van der Waals surface area (Å²) in [6.07, 6.45) is 1.56. The highest BCUT2D eigenvalue weighted by Crippen LogP contribution is 2.28. The van der Waals surface area contributed by atoms with Crippen LogP contribution in [-0.2, 0) is 6.54 Å². The number of methoxy groups -OCH3 is 1. The number of nitrogens with zero attached hydrogens (tertiary/aromatic N) is 1. The number of hydrogen-bond donors (Lipinski definition) is 2. The van der Waals surface area contributed by atoms with Gasteiger partial charge in [-0.05, 0) is 35.9 Å². The molecule has 0 radical (unpaired) electrons. The molecule has 0 bridgehead atoms. The zero-order valence-electron chi connectivity index (χ0n) is 10.9. The summed E-state index contributed by atoms with van der Waals surface area (Å²) in [5.74, 6) is 0.272. The zero-order valence-corrected chi connectivity index (χ0v) is 12.5. The van der Waals surface area contributed by atoms with Gasteiger partial charge < -0.3 is 15.8 Å². The molecular formula is C14H14BrN3O2. The molecule has 0 aliphatic carbocycles. The fourth-order valence-corrected chi connectivity index (χ4v) is 2.05. The van der Waals surface area contributed by atoms with Gasteiger partial charge in [-0.2, -0.15) is 0 Å². The zero-order chi connectivity index (χ0) is 14.5. The number of pyridine rings is 1. The van der Waals surface area contributed by atoms with E-state index < -0.39 is 0 Å². The van der Waals surface area contributed by atoms with Crippen molar-refractivity contribution >= 4 is 27.5 Å². The second-order valence-electron chi connectivity index (χ2n) is 4.05. The molecular weight excluding hydrogens is 322 g/mol. The number of halogens is 1. The highest BCUT2D eigenvalue weighted by Gasteiger charge is 2.11. The number of benzene rings is 1. The van der Waals surface area contributed by atoms with Crippen LogP contribution in [0.2, 0.25) is 0 Å². The first-order valence-electron chi connectivity index (χ1n) is 5.94. The third kappa shape index (κ3) is 3.34. The monoisotopic (exact) mass is 335 g/mol. The molecule has 6 heteroatoms. The fourth-order valence-electron chi connectivity index (χ4n) is 1.69. The van der Waals surface area contributed by atoms with Crippen molar-refractivity contribution in [2.45, 2.75) is 6.54 Å². The molecule has 0 aliphatic rings. The van der Waals surface area contributed by atoms with Gasteiger partial charge in [0, 0.05) is 17.2 Å². The van der Waals surface area contributed by atoms with Crippen LogP contribution in [0.15, 0.2) is 41.0 Å². The molecule has 0 aliphatic heterocycles. The van der Waals surface area contributed by atoms with Gasteiger partial charge in [-0.1, -0.05) is 15.9 Å². The smallest absolute Gasteiger partial charge is 0.274 e. The number of nitrogens with one attached hydrogen (secondary N) is 1. The Morgan fingerprint density at radius 1 is 1.40 bits per heavy atom. The molecule has 2 rings (SSSR count). The summed E-state index contributed by atoms with van der Waals surface area (Å²) < 4.78 is 6.05. The number of rotatable bonds is 4. The summed E-state index contributed by atoms with van der Waals surface area (Å²) in [6, 6.07) is 8.81. The van der Waals surface area contributed by atoms with Crippen LogP contribution in [0, 0.1) is 0 Å². The molecule has 0 unspecified atom stereocenters. The van der Waals surface area contributed by atoms with Gasteiger partial charge in [-0.25, -0.2) is 0 Å². The Bertz CT molecular complexity index is 632. The number of amides is 1. The molecule has 5 nitrogen and oxygen atoms in total. The van der Waals surface area contributed by atoms with Crippen molar-refractivity contribution < 1.29 is 9.53 Å². The van der Waals surface area contributed by atoms with Crippen LogP contribution in [0.3, 0.4) is 0 Å². The predicted octanol–water partition coefficient (Wildman–Crippen LogP) is 2.56. The second kappa shape index (κ2) is 6.49. The molecule has 1 aromatic carbocycles. The fraction of sp³-hybridized carbons (Fsp3) is 0.143. The van der Waals surface area contributed by atoms with Gasteiger partial charge in [0.15, 0.2) is 0 Å². The Kier molecular flexibility index (Phi) is 4.70. The molecule has 0 saturated carbocycles. The topological polar surface area (TPSA) is 77.2 Å². The number of carbonyl (C=O) groups excluding carboxylic acids is 1. The van der Waals surface area contributed by atoms with E-state index in [1.54, 1.807) is 37.6 Å². The van der Waals surface area contributed by atoms with Crippen molar-refractivity contribution in [2.75, 3.05) is 12.4 Å². The van der Waals surface area contributed by atoms with Crippen molar-refractivity contribution in [2.24, 2.45) is 5.73 Å². The maximum atomic E-state index is 12.2. The molecule has 1 aromatic heterocycles. The summed E-state index contributed by atoms with van der Waals surface area (Å²) in [4.78, 5) is 16.2. The number of nitrogens with two attached hydrogens (primary N) is 1. The van der Waals surface area contributed by atoms with Crippen LogP contribution in [0.4, 0.5) is 5.69 Å². The number of aromatic nitrogens is 1. The lowest BCUT2D eigenvalue weighted by Crippen LogP contribution is -2.15. The maximum Gasteiger partial charge on any atom is 0.274 e. The van der Waals surface area contributed by atoms with Crippen LogP contribution in [-0.4, -0.2) is 18.0 Å². The quantitative estimate of drug-likeness (QED) is 0.900.